The van der Waals surface area contributed by atoms with Gasteiger partial charge in [-0.25, -0.2) is 4.79 Å². The second-order valence-electron chi connectivity index (χ2n) is 3.95. The van der Waals surface area contributed by atoms with Gasteiger partial charge < -0.3 is 15.2 Å². The summed E-state index contributed by atoms with van der Waals surface area (Å²) in [6, 6.07) is 3.31. The third-order valence-corrected chi connectivity index (χ3v) is 2.84. The molecule has 7 nitrogen and oxygen atoms in total. The summed E-state index contributed by atoms with van der Waals surface area (Å²) in [6.07, 6.45) is 1.61. The van der Waals surface area contributed by atoms with Crippen molar-refractivity contribution >= 4 is 23.4 Å². The Balaban J connectivity index is 2.54. The van der Waals surface area contributed by atoms with Crippen LogP contribution in [-0.4, -0.2) is 38.6 Å². The Kier molecular flexibility index (Phi) is 2.97. The van der Waals surface area contributed by atoms with Crippen LogP contribution in [0.4, 0.5) is 0 Å². The number of carboxylic acid groups (broad SMARTS) is 2. The fraction of sp³-hybridized carbons (Fsp3) is 0.273. The fourth-order valence-electron chi connectivity index (χ4n) is 2.02. The zero-order valence-electron chi connectivity index (χ0n) is 9.49. The van der Waals surface area contributed by atoms with Gasteiger partial charge in [0.15, 0.2) is 5.71 Å². The topological polar surface area (TPSA) is 115 Å². The number of aliphatic carboxylic acids is 2. The monoisotopic (exact) mass is 249 g/mol. The number of hydrogen-bond donors (Lipinski definition) is 3. The summed E-state index contributed by atoms with van der Waals surface area (Å²) in [4.78, 5) is 25.3. The highest BCUT2D eigenvalue weighted by Gasteiger charge is 2.41. The van der Waals surface area contributed by atoms with E-state index >= 15 is 0 Å². The smallest absolute Gasteiger partial charge is 0.352 e. The zero-order valence-corrected chi connectivity index (χ0v) is 9.49. The van der Waals surface area contributed by atoms with Crippen molar-refractivity contribution in [3.63, 3.8) is 0 Å². The molecule has 0 spiro atoms. The largest absolute Gasteiger partial charge is 0.481 e. The summed E-state index contributed by atoms with van der Waals surface area (Å²) in [5.41, 5.74) is 0.514. The van der Waals surface area contributed by atoms with E-state index in [4.69, 9.17) is 5.11 Å². The lowest BCUT2D eigenvalue weighted by molar-refractivity contribution is -0.139. The summed E-state index contributed by atoms with van der Waals surface area (Å²) in [6.45, 7) is 1.52. The van der Waals surface area contributed by atoms with Gasteiger partial charge in [-0.2, -0.15) is 5.10 Å². The maximum atomic E-state index is 11.3. The Labute approximate surface area is 102 Å². The van der Waals surface area contributed by atoms with Crippen LogP contribution in [0.2, 0.25) is 0 Å². The summed E-state index contributed by atoms with van der Waals surface area (Å²) < 4.78 is 0. The number of carboxylic acids is 2. The van der Waals surface area contributed by atoms with Crippen LogP contribution in [0.5, 0.6) is 0 Å². The molecule has 0 amide bonds. The molecule has 0 radical (unpaired) electrons. The molecule has 1 aliphatic rings. The van der Waals surface area contributed by atoms with E-state index in [2.05, 4.69) is 15.2 Å². The van der Waals surface area contributed by atoms with Crippen molar-refractivity contribution in [3.8, 4) is 0 Å². The molecular formula is C11H11N3O4. The summed E-state index contributed by atoms with van der Waals surface area (Å²) >= 11 is 0. The minimum atomic E-state index is -1.27. The number of aromatic amines is 1. The Morgan fingerprint density at radius 1 is 1.33 bits per heavy atom. The summed E-state index contributed by atoms with van der Waals surface area (Å²) in [5.74, 6) is -4.26. The molecule has 1 aliphatic heterocycles. The van der Waals surface area contributed by atoms with Gasteiger partial charge in [0.1, 0.15) is 5.92 Å². The molecular weight excluding hydrogens is 238 g/mol. The van der Waals surface area contributed by atoms with Crippen molar-refractivity contribution in [1.29, 1.82) is 0 Å². The fourth-order valence-corrected chi connectivity index (χ4v) is 2.02. The SMILES string of the molecule is CC1=NN=C(C(=O)O)C(c2ccc[nH]2)C1C(=O)O. The van der Waals surface area contributed by atoms with E-state index in [1.165, 1.54) is 6.92 Å². The van der Waals surface area contributed by atoms with Gasteiger partial charge in [-0.05, 0) is 19.1 Å². The highest BCUT2D eigenvalue weighted by Crippen LogP contribution is 2.30. The lowest BCUT2D eigenvalue weighted by atomic mass is 9.82. The van der Waals surface area contributed by atoms with E-state index < -0.39 is 23.8 Å². The lowest BCUT2D eigenvalue weighted by Gasteiger charge is -2.24. The van der Waals surface area contributed by atoms with E-state index in [1.807, 2.05) is 0 Å². The maximum absolute atomic E-state index is 11.3. The summed E-state index contributed by atoms with van der Waals surface area (Å²) in [5, 5.41) is 25.5. The van der Waals surface area contributed by atoms with Crippen molar-refractivity contribution in [2.75, 3.05) is 0 Å². The number of nitrogens with zero attached hydrogens (tertiary/aromatic N) is 2. The molecule has 2 heterocycles. The Morgan fingerprint density at radius 2 is 2.06 bits per heavy atom. The van der Waals surface area contributed by atoms with Crippen LogP contribution in [0.15, 0.2) is 28.5 Å². The third-order valence-electron chi connectivity index (χ3n) is 2.84. The molecule has 7 heteroatoms. The molecule has 0 aromatic carbocycles. The van der Waals surface area contributed by atoms with Gasteiger partial charge >= 0.3 is 11.9 Å². The van der Waals surface area contributed by atoms with Gasteiger partial charge in [0, 0.05) is 11.9 Å². The van der Waals surface area contributed by atoms with Crippen LogP contribution in [-0.2, 0) is 9.59 Å². The van der Waals surface area contributed by atoms with Crippen LogP contribution in [0.1, 0.15) is 18.5 Å². The maximum Gasteiger partial charge on any atom is 0.352 e. The predicted octanol–water partition coefficient (Wildman–Crippen LogP) is 0.714. The van der Waals surface area contributed by atoms with E-state index in [0.29, 0.717) is 5.69 Å². The van der Waals surface area contributed by atoms with Crippen LogP contribution < -0.4 is 0 Å². The quantitative estimate of drug-likeness (QED) is 0.731. The van der Waals surface area contributed by atoms with Gasteiger partial charge in [-0.1, -0.05) is 0 Å². The van der Waals surface area contributed by atoms with Gasteiger partial charge in [-0.15, -0.1) is 5.10 Å². The first-order valence-corrected chi connectivity index (χ1v) is 5.23. The van der Waals surface area contributed by atoms with E-state index in [9.17, 15) is 14.7 Å². The Hall–Kier alpha value is -2.44. The van der Waals surface area contributed by atoms with Gasteiger partial charge in [0.25, 0.3) is 0 Å². The third kappa shape index (κ3) is 1.90. The van der Waals surface area contributed by atoms with Crippen molar-refractivity contribution in [2.45, 2.75) is 12.8 Å². The number of H-pyrrole nitrogens is 1. The first-order chi connectivity index (χ1) is 8.52. The van der Waals surface area contributed by atoms with E-state index in [0.717, 1.165) is 0 Å². The molecule has 94 valence electrons. The molecule has 1 aromatic rings. The standard InChI is InChI=1S/C11H11N3O4/c1-5-7(10(15)16)8(6-3-2-4-12-6)9(11(17)18)14-13-5/h2-4,7-8,12H,1H3,(H,15,16)(H,17,18). The van der Waals surface area contributed by atoms with Crippen molar-refractivity contribution in [1.82, 2.24) is 4.98 Å². The van der Waals surface area contributed by atoms with Crippen molar-refractivity contribution in [2.24, 2.45) is 16.1 Å². The molecule has 2 atom stereocenters. The second kappa shape index (κ2) is 4.44. The van der Waals surface area contributed by atoms with Crippen LogP contribution >= 0.6 is 0 Å². The number of hydrogen-bond acceptors (Lipinski definition) is 4. The molecule has 0 bridgehead atoms. The molecule has 2 rings (SSSR count). The average Bonchev–Trinajstić information content (AvgIpc) is 2.80. The summed E-state index contributed by atoms with van der Waals surface area (Å²) in [7, 11) is 0. The highest BCUT2D eigenvalue weighted by atomic mass is 16.4. The van der Waals surface area contributed by atoms with Crippen molar-refractivity contribution in [3.05, 3.63) is 24.0 Å². The minimum Gasteiger partial charge on any atom is -0.481 e. The molecule has 1 aromatic heterocycles. The van der Waals surface area contributed by atoms with Gasteiger partial charge in [0.05, 0.1) is 11.6 Å². The average molecular weight is 249 g/mol. The molecule has 0 fully saturated rings. The van der Waals surface area contributed by atoms with Crippen LogP contribution in [0.25, 0.3) is 0 Å². The van der Waals surface area contributed by atoms with Gasteiger partial charge in [-0.3, -0.25) is 4.79 Å². The molecule has 0 saturated carbocycles. The lowest BCUT2D eigenvalue weighted by Crippen LogP contribution is -2.38. The first-order valence-electron chi connectivity index (χ1n) is 5.23. The molecule has 18 heavy (non-hydrogen) atoms. The van der Waals surface area contributed by atoms with Crippen molar-refractivity contribution < 1.29 is 19.8 Å². The number of aromatic nitrogens is 1. The molecule has 0 saturated heterocycles. The van der Waals surface area contributed by atoms with Gasteiger partial charge in [0.2, 0.25) is 0 Å². The Bertz CT molecular complexity index is 545. The van der Waals surface area contributed by atoms with E-state index in [1.54, 1.807) is 18.3 Å². The molecule has 0 aliphatic carbocycles. The normalized spacial score (nSPS) is 23.2. The van der Waals surface area contributed by atoms with E-state index in [-0.39, 0.29) is 11.4 Å². The zero-order chi connectivity index (χ0) is 13.3. The minimum absolute atomic E-state index is 0.268. The highest BCUT2D eigenvalue weighted by molar-refractivity contribution is 6.39. The number of nitrogens with one attached hydrogen (secondary N) is 1. The number of rotatable bonds is 3. The molecule has 3 N–H and O–H groups in total. The number of carbonyl (C=O) groups is 2. The Morgan fingerprint density at radius 3 is 2.56 bits per heavy atom. The second-order valence-corrected chi connectivity index (χ2v) is 3.95. The van der Waals surface area contributed by atoms with Crippen LogP contribution in [0.3, 0.4) is 0 Å². The first kappa shape index (κ1) is 12.0. The predicted molar refractivity (Wildman–Crippen MR) is 62.8 cm³/mol. The van der Waals surface area contributed by atoms with Crippen LogP contribution in [0, 0.1) is 5.92 Å². The molecule has 2 unspecified atom stereocenters.